The number of aromatic nitrogens is 2. The lowest BCUT2D eigenvalue weighted by Crippen LogP contribution is -2.42. The summed E-state index contributed by atoms with van der Waals surface area (Å²) in [4.78, 5) is 15.5. The lowest BCUT2D eigenvalue weighted by atomic mass is 10.1. The third-order valence-corrected chi connectivity index (χ3v) is 3.59. The molecule has 0 saturated carbocycles. The summed E-state index contributed by atoms with van der Waals surface area (Å²) in [5, 5.41) is 11.7. The van der Waals surface area contributed by atoms with Crippen molar-refractivity contribution in [3.8, 4) is 0 Å². The van der Waals surface area contributed by atoms with E-state index in [1.54, 1.807) is 20.2 Å². The average molecular weight is 277 g/mol. The van der Waals surface area contributed by atoms with Crippen molar-refractivity contribution in [3.63, 3.8) is 0 Å². The van der Waals surface area contributed by atoms with Gasteiger partial charge >= 0.3 is 0 Å². The first-order valence-corrected chi connectivity index (χ1v) is 7.15. The first-order valence-electron chi connectivity index (χ1n) is 7.15. The molecule has 1 aliphatic heterocycles. The van der Waals surface area contributed by atoms with E-state index in [4.69, 9.17) is 0 Å². The van der Waals surface area contributed by atoms with Crippen LogP contribution >= 0.6 is 0 Å². The quantitative estimate of drug-likeness (QED) is 0.880. The number of carbonyl (C=O) groups excluding carboxylic acids is 1. The molecule has 0 spiro atoms. The molecular weight excluding hydrogens is 254 g/mol. The maximum atomic E-state index is 11.7. The van der Waals surface area contributed by atoms with Gasteiger partial charge in [0.15, 0.2) is 11.5 Å². The van der Waals surface area contributed by atoms with Crippen molar-refractivity contribution in [2.75, 3.05) is 38.6 Å². The van der Waals surface area contributed by atoms with Crippen LogP contribution < -0.4 is 10.2 Å². The first-order chi connectivity index (χ1) is 9.61. The van der Waals surface area contributed by atoms with E-state index in [2.05, 4.69) is 27.3 Å². The smallest absolute Gasteiger partial charge is 0.273 e. The van der Waals surface area contributed by atoms with Gasteiger partial charge in [-0.15, -0.1) is 10.2 Å². The van der Waals surface area contributed by atoms with Gasteiger partial charge in [0, 0.05) is 33.2 Å². The van der Waals surface area contributed by atoms with Gasteiger partial charge in [-0.25, -0.2) is 0 Å². The number of hydrogen-bond acceptors (Lipinski definition) is 5. The summed E-state index contributed by atoms with van der Waals surface area (Å²) in [6.45, 7) is 5.12. The van der Waals surface area contributed by atoms with Gasteiger partial charge in [-0.1, -0.05) is 6.92 Å². The number of piperidine rings is 1. The lowest BCUT2D eigenvalue weighted by molar-refractivity contribution is 0.0821. The second-order valence-electron chi connectivity index (χ2n) is 5.30. The van der Waals surface area contributed by atoms with E-state index in [0.29, 0.717) is 11.7 Å². The molecule has 1 amide bonds. The van der Waals surface area contributed by atoms with Crippen molar-refractivity contribution < 1.29 is 4.79 Å². The van der Waals surface area contributed by atoms with Crippen LogP contribution in [0, 0.1) is 0 Å². The van der Waals surface area contributed by atoms with Crippen LogP contribution in [-0.4, -0.2) is 60.8 Å². The minimum atomic E-state index is -0.116. The van der Waals surface area contributed by atoms with E-state index in [1.807, 2.05) is 6.07 Å². The van der Waals surface area contributed by atoms with Crippen LogP contribution in [0.25, 0.3) is 0 Å². The summed E-state index contributed by atoms with van der Waals surface area (Å²) in [7, 11) is 3.42. The maximum Gasteiger partial charge on any atom is 0.273 e. The highest BCUT2D eigenvalue weighted by molar-refractivity contribution is 5.91. The fraction of sp³-hybridized carbons (Fsp3) is 0.643. The molecular formula is C14H23N5O. The van der Waals surface area contributed by atoms with E-state index < -0.39 is 0 Å². The number of hydrogen-bond donors (Lipinski definition) is 1. The molecule has 20 heavy (non-hydrogen) atoms. The molecule has 1 saturated heterocycles. The normalized spacial score (nSPS) is 16.2. The van der Waals surface area contributed by atoms with Crippen LogP contribution in [0.3, 0.4) is 0 Å². The number of amides is 1. The summed E-state index contributed by atoms with van der Waals surface area (Å²) in [5.74, 6) is 0.741. The summed E-state index contributed by atoms with van der Waals surface area (Å²) in [6, 6.07) is 4.25. The molecule has 6 nitrogen and oxygen atoms in total. The second-order valence-corrected chi connectivity index (χ2v) is 5.30. The van der Waals surface area contributed by atoms with Gasteiger partial charge in [0.05, 0.1) is 0 Å². The minimum absolute atomic E-state index is 0.116. The number of carbonyl (C=O) groups is 1. The molecule has 0 aliphatic carbocycles. The van der Waals surface area contributed by atoms with Crippen LogP contribution in [0.2, 0.25) is 0 Å². The van der Waals surface area contributed by atoms with Gasteiger partial charge in [0.25, 0.3) is 5.91 Å². The van der Waals surface area contributed by atoms with Crippen molar-refractivity contribution in [1.82, 2.24) is 20.4 Å². The zero-order chi connectivity index (χ0) is 14.5. The molecule has 2 heterocycles. The number of anilines is 1. The third kappa shape index (κ3) is 3.45. The fourth-order valence-electron chi connectivity index (χ4n) is 2.44. The second kappa shape index (κ2) is 6.65. The van der Waals surface area contributed by atoms with E-state index >= 15 is 0 Å². The van der Waals surface area contributed by atoms with Crippen molar-refractivity contribution in [2.45, 2.75) is 25.8 Å². The summed E-state index contributed by atoms with van der Waals surface area (Å²) in [5.41, 5.74) is 0.390. The summed E-state index contributed by atoms with van der Waals surface area (Å²) >= 11 is 0. The van der Waals surface area contributed by atoms with Crippen LogP contribution in [0.5, 0.6) is 0 Å². The molecule has 1 N–H and O–H groups in total. The highest BCUT2D eigenvalue weighted by Crippen LogP contribution is 2.17. The Balaban J connectivity index is 1.96. The van der Waals surface area contributed by atoms with Gasteiger partial charge in [0.1, 0.15) is 0 Å². The van der Waals surface area contributed by atoms with E-state index in [9.17, 15) is 4.79 Å². The molecule has 1 aromatic rings. The Hall–Kier alpha value is -1.69. The maximum absolute atomic E-state index is 11.7. The molecule has 110 valence electrons. The Bertz CT molecular complexity index is 437. The topological polar surface area (TPSA) is 61.4 Å². The van der Waals surface area contributed by atoms with Crippen molar-refractivity contribution in [1.29, 1.82) is 0 Å². The molecule has 0 unspecified atom stereocenters. The number of nitrogens with zero attached hydrogens (tertiary/aromatic N) is 4. The SMILES string of the molecule is CCNC1CCN(c2ccc(C(=O)N(C)C)nn2)CC1. The number of rotatable bonds is 4. The van der Waals surface area contributed by atoms with Crippen molar-refractivity contribution in [3.05, 3.63) is 17.8 Å². The van der Waals surface area contributed by atoms with Gasteiger partial charge in [-0.3, -0.25) is 4.79 Å². The zero-order valence-electron chi connectivity index (χ0n) is 12.5. The van der Waals surface area contributed by atoms with Crippen LogP contribution in [0.4, 0.5) is 5.82 Å². The predicted octanol–water partition coefficient (Wildman–Crippen LogP) is 0.757. The minimum Gasteiger partial charge on any atom is -0.355 e. The molecule has 0 atom stereocenters. The Morgan fingerprint density at radius 2 is 2.05 bits per heavy atom. The molecule has 0 aromatic carbocycles. The first kappa shape index (κ1) is 14.7. The van der Waals surface area contributed by atoms with Crippen molar-refractivity contribution >= 4 is 11.7 Å². The molecule has 0 bridgehead atoms. The van der Waals surface area contributed by atoms with Gasteiger partial charge in [-0.2, -0.15) is 0 Å². The Morgan fingerprint density at radius 3 is 2.55 bits per heavy atom. The molecule has 6 heteroatoms. The molecule has 1 fully saturated rings. The predicted molar refractivity (Wildman–Crippen MR) is 79.0 cm³/mol. The Morgan fingerprint density at radius 1 is 1.35 bits per heavy atom. The van der Waals surface area contributed by atoms with Crippen LogP contribution in [0.1, 0.15) is 30.3 Å². The van der Waals surface area contributed by atoms with Crippen LogP contribution in [0.15, 0.2) is 12.1 Å². The highest BCUT2D eigenvalue weighted by atomic mass is 16.2. The number of nitrogens with one attached hydrogen (secondary N) is 1. The monoisotopic (exact) mass is 277 g/mol. The molecule has 1 aliphatic rings. The van der Waals surface area contributed by atoms with Gasteiger partial charge in [-0.05, 0) is 31.5 Å². The third-order valence-electron chi connectivity index (χ3n) is 3.59. The molecule has 2 rings (SSSR count). The summed E-state index contributed by atoms with van der Waals surface area (Å²) < 4.78 is 0. The molecule has 0 radical (unpaired) electrons. The fourth-order valence-corrected chi connectivity index (χ4v) is 2.44. The van der Waals surface area contributed by atoms with Crippen molar-refractivity contribution in [2.24, 2.45) is 0 Å². The van der Waals surface area contributed by atoms with Gasteiger partial charge in [0.2, 0.25) is 0 Å². The van der Waals surface area contributed by atoms with Crippen LogP contribution in [-0.2, 0) is 0 Å². The largest absolute Gasteiger partial charge is 0.355 e. The standard InChI is InChI=1S/C14H23N5O/c1-4-15-11-7-9-19(10-8-11)13-6-5-12(16-17-13)14(20)18(2)3/h5-6,11,15H,4,7-10H2,1-3H3. The Labute approximate surface area is 120 Å². The Kier molecular flexibility index (Phi) is 4.89. The zero-order valence-corrected chi connectivity index (χ0v) is 12.5. The highest BCUT2D eigenvalue weighted by Gasteiger charge is 2.20. The van der Waals surface area contributed by atoms with E-state index in [-0.39, 0.29) is 5.91 Å². The van der Waals surface area contributed by atoms with Gasteiger partial charge < -0.3 is 15.1 Å². The van der Waals surface area contributed by atoms with E-state index in [1.165, 1.54) is 4.90 Å². The lowest BCUT2D eigenvalue weighted by Gasteiger charge is -2.32. The molecule has 1 aromatic heterocycles. The summed E-state index contributed by atoms with van der Waals surface area (Å²) in [6.07, 6.45) is 2.24. The average Bonchev–Trinajstić information content (AvgIpc) is 2.48. The van der Waals surface area contributed by atoms with E-state index in [0.717, 1.165) is 38.3 Å².